The fourth-order valence-electron chi connectivity index (χ4n) is 1.60. The summed E-state index contributed by atoms with van der Waals surface area (Å²) >= 11 is 0. The van der Waals surface area contributed by atoms with Gasteiger partial charge >= 0.3 is 0 Å². The highest BCUT2D eigenvalue weighted by molar-refractivity contribution is 7.92. The van der Waals surface area contributed by atoms with Gasteiger partial charge in [-0.05, 0) is 12.8 Å². The van der Waals surface area contributed by atoms with Gasteiger partial charge in [0.25, 0.3) is 6.43 Å². The highest BCUT2D eigenvalue weighted by Gasteiger charge is 2.28. The zero-order valence-electron chi connectivity index (χ0n) is 7.88. The fraction of sp³-hybridized carbons (Fsp3) is 1.00. The first-order chi connectivity index (χ1) is 6.52. The van der Waals surface area contributed by atoms with Crippen LogP contribution in [0.2, 0.25) is 0 Å². The van der Waals surface area contributed by atoms with E-state index in [1.54, 1.807) is 0 Å². The molecule has 0 aromatic heterocycles. The summed E-state index contributed by atoms with van der Waals surface area (Å²) < 4.78 is 46.4. The van der Waals surface area contributed by atoms with Crippen molar-refractivity contribution in [1.29, 1.82) is 0 Å². The van der Waals surface area contributed by atoms with E-state index in [9.17, 15) is 17.2 Å². The van der Waals surface area contributed by atoms with Crippen LogP contribution in [0.3, 0.4) is 0 Å². The van der Waals surface area contributed by atoms with E-state index >= 15 is 0 Å². The van der Waals surface area contributed by atoms with E-state index in [-0.39, 0.29) is 12.3 Å². The van der Waals surface area contributed by atoms with Crippen molar-refractivity contribution in [3.8, 4) is 0 Å². The summed E-state index contributed by atoms with van der Waals surface area (Å²) in [6.07, 6.45) is -0.242. The van der Waals surface area contributed by atoms with Crippen LogP contribution in [0.15, 0.2) is 0 Å². The molecule has 1 heterocycles. The zero-order valence-corrected chi connectivity index (χ0v) is 8.69. The van der Waals surface area contributed by atoms with Gasteiger partial charge in [-0.3, -0.25) is 0 Å². The largest absolute Gasteiger partial charge is 0.310 e. The van der Waals surface area contributed by atoms with Crippen molar-refractivity contribution in [2.24, 2.45) is 0 Å². The van der Waals surface area contributed by atoms with Crippen LogP contribution in [0, 0.1) is 0 Å². The number of halogens is 2. The molecule has 1 N–H and O–H groups in total. The monoisotopic (exact) mass is 227 g/mol. The van der Waals surface area contributed by atoms with Crippen molar-refractivity contribution in [2.45, 2.75) is 30.9 Å². The number of hydrogen-bond acceptors (Lipinski definition) is 3. The van der Waals surface area contributed by atoms with Crippen LogP contribution < -0.4 is 5.32 Å². The Bertz CT molecular complexity index is 267. The highest BCUT2D eigenvalue weighted by atomic mass is 32.2. The van der Waals surface area contributed by atoms with Crippen LogP contribution in [0.5, 0.6) is 0 Å². The fourth-order valence-corrected chi connectivity index (χ4v) is 3.44. The summed E-state index contributed by atoms with van der Waals surface area (Å²) in [4.78, 5) is 0. The molecular formula is C8H15F2NO2S. The average molecular weight is 227 g/mol. The Morgan fingerprint density at radius 2 is 2.07 bits per heavy atom. The van der Waals surface area contributed by atoms with Crippen LogP contribution in [0.25, 0.3) is 0 Å². The van der Waals surface area contributed by atoms with Crippen molar-refractivity contribution in [3.63, 3.8) is 0 Å². The summed E-state index contributed by atoms with van der Waals surface area (Å²) in [5.74, 6) is 0.202. The van der Waals surface area contributed by atoms with Gasteiger partial charge in [0.05, 0.1) is 17.5 Å². The Hall–Kier alpha value is -0.230. The molecule has 3 nitrogen and oxygen atoms in total. The molecule has 0 bridgehead atoms. The molecule has 0 aliphatic carbocycles. The predicted molar refractivity (Wildman–Crippen MR) is 50.3 cm³/mol. The average Bonchev–Trinajstić information content (AvgIpc) is 2.07. The van der Waals surface area contributed by atoms with Crippen molar-refractivity contribution >= 4 is 9.84 Å². The van der Waals surface area contributed by atoms with Gasteiger partial charge in [-0.2, -0.15) is 0 Å². The van der Waals surface area contributed by atoms with Crippen molar-refractivity contribution in [2.75, 3.05) is 18.8 Å². The predicted octanol–water partition coefficient (Wildman–Crippen LogP) is 0.808. The Balaban J connectivity index is 2.35. The van der Waals surface area contributed by atoms with Gasteiger partial charge in [-0.15, -0.1) is 0 Å². The molecule has 1 fully saturated rings. The summed E-state index contributed by atoms with van der Waals surface area (Å²) in [6.45, 7) is -0.265. The second kappa shape index (κ2) is 5.02. The molecule has 1 aliphatic heterocycles. The van der Waals surface area contributed by atoms with Gasteiger partial charge < -0.3 is 5.32 Å². The lowest BCUT2D eigenvalue weighted by atomic mass is 10.2. The summed E-state index contributed by atoms with van der Waals surface area (Å²) in [5.41, 5.74) is 0. The molecule has 1 rings (SSSR count). The van der Waals surface area contributed by atoms with Crippen LogP contribution >= 0.6 is 0 Å². The van der Waals surface area contributed by atoms with Crippen LogP contribution in [0.1, 0.15) is 19.3 Å². The SMILES string of the molecule is O=S1(=O)CCCCC1CNCC(F)F. The maximum Gasteiger partial charge on any atom is 0.250 e. The Morgan fingerprint density at radius 3 is 2.64 bits per heavy atom. The molecule has 0 spiro atoms. The zero-order chi connectivity index (χ0) is 10.6. The molecule has 14 heavy (non-hydrogen) atoms. The molecule has 1 unspecified atom stereocenters. The lowest BCUT2D eigenvalue weighted by Gasteiger charge is -2.22. The van der Waals surface area contributed by atoms with E-state index in [0.717, 1.165) is 6.42 Å². The Kier molecular flexibility index (Phi) is 4.25. The normalized spacial score (nSPS) is 26.6. The third-order valence-corrected chi connectivity index (χ3v) is 4.66. The molecule has 84 valence electrons. The Morgan fingerprint density at radius 1 is 1.36 bits per heavy atom. The molecule has 0 amide bonds. The van der Waals surface area contributed by atoms with Crippen LogP contribution in [-0.2, 0) is 9.84 Å². The lowest BCUT2D eigenvalue weighted by molar-refractivity contribution is 0.146. The molecule has 0 aromatic rings. The number of sulfone groups is 1. The lowest BCUT2D eigenvalue weighted by Crippen LogP contribution is -2.38. The first-order valence-corrected chi connectivity index (χ1v) is 6.44. The molecule has 0 saturated carbocycles. The van der Waals surface area contributed by atoms with Crippen LogP contribution in [-0.4, -0.2) is 38.9 Å². The van der Waals surface area contributed by atoms with Gasteiger partial charge in [-0.25, -0.2) is 17.2 Å². The van der Waals surface area contributed by atoms with E-state index in [2.05, 4.69) is 5.32 Å². The standard InChI is InChI=1S/C8H15F2NO2S/c9-8(10)6-11-5-7-3-1-2-4-14(7,12)13/h7-8,11H,1-6H2. The van der Waals surface area contributed by atoms with Gasteiger partial charge in [0.2, 0.25) is 0 Å². The summed E-state index contributed by atoms with van der Waals surface area (Å²) in [7, 11) is -3.03. The van der Waals surface area contributed by atoms with Crippen molar-refractivity contribution in [1.82, 2.24) is 5.32 Å². The quantitative estimate of drug-likeness (QED) is 0.773. The van der Waals surface area contributed by atoms with E-state index < -0.39 is 28.1 Å². The molecule has 0 radical (unpaired) electrons. The number of nitrogens with one attached hydrogen (secondary N) is 1. The molecular weight excluding hydrogens is 212 g/mol. The van der Waals surface area contributed by atoms with Crippen molar-refractivity contribution < 1.29 is 17.2 Å². The first-order valence-electron chi connectivity index (χ1n) is 4.73. The van der Waals surface area contributed by atoms with E-state index in [4.69, 9.17) is 0 Å². The molecule has 1 atom stereocenters. The first kappa shape index (κ1) is 11.8. The maximum atomic E-state index is 11.8. The van der Waals surface area contributed by atoms with Crippen LogP contribution in [0.4, 0.5) is 8.78 Å². The number of rotatable bonds is 4. The van der Waals surface area contributed by atoms with Gasteiger partial charge in [-0.1, -0.05) is 6.42 Å². The minimum absolute atomic E-state index is 0.159. The molecule has 1 saturated heterocycles. The van der Waals surface area contributed by atoms with E-state index in [1.807, 2.05) is 0 Å². The van der Waals surface area contributed by atoms with Crippen molar-refractivity contribution in [3.05, 3.63) is 0 Å². The van der Waals surface area contributed by atoms with Gasteiger partial charge in [0.1, 0.15) is 0 Å². The number of alkyl halides is 2. The molecule has 0 aromatic carbocycles. The minimum Gasteiger partial charge on any atom is -0.310 e. The topological polar surface area (TPSA) is 46.2 Å². The second-order valence-corrected chi connectivity index (χ2v) is 5.93. The third-order valence-electron chi connectivity index (χ3n) is 2.38. The third kappa shape index (κ3) is 3.49. The summed E-state index contributed by atoms with van der Waals surface area (Å²) in [5, 5.41) is 2.02. The minimum atomic E-state index is -3.03. The van der Waals surface area contributed by atoms with E-state index in [0.29, 0.717) is 12.8 Å². The number of hydrogen-bond donors (Lipinski definition) is 1. The maximum absolute atomic E-state index is 11.8. The van der Waals surface area contributed by atoms with Gasteiger partial charge in [0.15, 0.2) is 9.84 Å². The Labute approximate surface area is 82.8 Å². The molecule has 6 heteroatoms. The smallest absolute Gasteiger partial charge is 0.250 e. The van der Waals surface area contributed by atoms with E-state index in [1.165, 1.54) is 0 Å². The highest BCUT2D eigenvalue weighted by Crippen LogP contribution is 2.18. The summed E-state index contributed by atoms with van der Waals surface area (Å²) in [6, 6.07) is 0. The second-order valence-electron chi connectivity index (χ2n) is 3.53. The van der Waals surface area contributed by atoms with Gasteiger partial charge in [0, 0.05) is 6.54 Å². The molecule has 1 aliphatic rings.